The Morgan fingerprint density at radius 1 is 1.33 bits per heavy atom. The predicted molar refractivity (Wildman–Crippen MR) is 88.8 cm³/mol. The molecular formula is C17H27ClN2O. The maximum atomic E-state index is 9.30. The Bertz CT molecular complexity index is 421. The first-order chi connectivity index (χ1) is 10.2. The minimum Gasteiger partial charge on any atom is -0.395 e. The van der Waals surface area contributed by atoms with Crippen LogP contribution >= 0.6 is 11.6 Å². The molecule has 0 bridgehead atoms. The lowest BCUT2D eigenvalue weighted by Gasteiger charge is -2.30. The average Bonchev–Trinajstić information content (AvgIpc) is 3.01. The van der Waals surface area contributed by atoms with Gasteiger partial charge in [0.2, 0.25) is 0 Å². The summed E-state index contributed by atoms with van der Waals surface area (Å²) in [5.41, 5.74) is 1.24. The number of nitrogens with zero attached hydrogens (tertiary/aromatic N) is 1. The van der Waals surface area contributed by atoms with Crippen molar-refractivity contribution in [1.82, 2.24) is 10.2 Å². The normalized spacial score (nSPS) is 17.5. The van der Waals surface area contributed by atoms with Gasteiger partial charge in [-0.15, -0.1) is 0 Å². The fourth-order valence-electron chi connectivity index (χ4n) is 3.37. The Balaban J connectivity index is 1.93. The van der Waals surface area contributed by atoms with Crippen LogP contribution in [0.3, 0.4) is 0 Å². The van der Waals surface area contributed by atoms with Crippen molar-refractivity contribution in [3.05, 3.63) is 34.9 Å². The number of aliphatic hydroxyl groups excluding tert-OH is 1. The van der Waals surface area contributed by atoms with E-state index in [1.54, 1.807) is 0 Å². The van der Waals surface area contributed by atoms with Crippen LogP contribution in [0.15, 0.2) is 24.3 Å². The third kappa shape index (κ3) is 4.96. The lowest BCUT2D eigenvalue weighted by atomic mass is 10.0. The second-order valence-electron chi connectivity index (χ2n) is 5.88. The molecule has 1 saturated carbocycles. The largest absolute Gasteiger partial charge is 0.395 e. The van der Waals surface area contributed by atoms with Gasteiger partial charge < -0.3 is 10.4 Å². The van der Waals surface area contributed by atoms with Gasteiger partial charge in [-0.1, -0.05) is 36.6 Å². The molecule has 0 saturated heterocycles. The van der Waals surface area contributed by atoms with Crippen LogP contribution in [0.2, 0.25) is 5.02 Å². The highest BCUT2D eigenvalue weighted by Crippen LogP contribution is 2.25. The molecule has 4 heteroatoms. The van der Waals surface area contributed by atoms with Gasteiger partial charge in [0.1, 0.15) is 0 Å². The molecule has 1 fully saturated rings. The minimum absolute atomic E-state index is 0.248. The van der Waals surface area contributed by atoms with Crippen LogP contribution < -0.4 is 5.32 Å². The number of benzene rings is 1. The third-order valence-corrected chi connectivity index (χ3v) is 4.77. The van der Waals surface area contributed by atoms with Crippen molar-refractivity contribution < 1.29 is 5.11 Å². The number of hydrogen-bond donors (Lipinski definition) is 2. The van der Waals surface area contributed by atoms with E-state index in [1.807, 2.05) is 25.2 Å². The molecule has 0 heterocycles. The van der Waals surface area contributed by atoms with E-state index in [2.05, 4.69) is 16.3 Å². The van der Waals surface area contributed by atoms with Crippen molar-refractivity contribution in [2.24, 2.45) is 0 Å². The van der Waals surface area contributed by atoms with Crippen molar-refractivity contribution in [3.8, 4) is 0 Å². The molecule has 1 atom stereocenters. The standard InChI is InChI=1S/C17H27ClN2O/c1-19-17(14-5-4-6-15(18)13-14)9-10-20(11-12-21)16-7-2-3-8-16/h4-6,13,16-17,19,21H,2-3,7-12H2,1H3. The van der Waals surface area contributed by atoms with Crippen molar-refractivity contribution in [3.63, 3.8) is 0 Å². The summed E-state index contributed by atoms with van der Waals surface area (Å²) in [4.78, 5) is 2.46. The molecule has 1 aromatic carbocycles. The SMILES string of the molecule is CNC(CCN(CCO)C1CCCC1)c1cccc(Cl)c1. The van der Waals surface area contributed by atoms with Gasteiger partial charge in [0.15, 0.2) is 0 Å². The van der Waals surface area contributed by atoms with E-state index in [4.69, 9.17) is 11.6 Å². The molecule has 2 N–H and O–H groups in total. The molecule has 0 spiro atoms. The van der Waals surface area contributed by atoms with E-state index in [9.17, 15) is 5.11 Å². The molecule has 1 aliphatic rings. The lowest BCUT2D eigenvalue weighted by molar-refractivity contribution is 0.146. The monoisotopic (exact) mass is 310 g/mol. The molecule has 0 amide bonds. The van der Waals surface area contributed by atoms with E-state index >= 15 is 0 Å². The summed E-state index contributed by atoms with van der Waals surface area (Å²) >= 11 is 6.09. The third-order valence-electron chi connectivity index (χ3n) is 4.53. The molecule has 3 nitrogen and oxygen atoms in total. The highest BCUT2D eigenvalue weighted by atomic mass is 35.5. The summed E-state index contributed by atoms with van der Waals surface area (Å²) in [6.07, 6.45) is 6.25. The van der Waals surface area contributed by atoms with E-state index in [-0.39, 0.29) is 6.61 Å². The van der Waals surface area contributed by atoms with Gasteiger partial charge in [-0.25, -0.2) is 0 Å². The number of rotatable bonds is 8. The lowest BCUT2D eigenvalue weighted by Crippen LogP contribution is -2.37. The Labute approximate surface area is 133 Å². The quantitative estimate of drug-likeness (QED) is 0.774. The molecular weight excluding hydrogens is 284 g/mol. The molecule has 118 valence electrons. The van der Waals surface area contributed by atoms with Crippen molar-refractivity contribution in [1.29, 1.82) is 0 Å². The second-order valence-corrected chi connectivity index (χ2v) is 6.32. The topological polar surface area (TPSA) is 35.5 Å². The zero-order valence-electron chi connectivity index (χ0n) is 12.9. The maximum Gasteiger partial charge on any atom is 0.0558 e. The van der Waals surface area contributed by atoms with Crippen LogP contribution in [0.4, 0.5) is 0 Å². The Morgan fingerprint density at radius 2 is 2.10 bits per heavy atom. The molecule has 2 rings (SSSR count). The van der Waals surface area contributed by atoms with Crippen LogP contribution in [0.5, 0.6) is 0 Å². The van der Waals surface area contributed by atoms with E-state index in [1.165, 1.54) is 31.2 Å². The summed E-state index contributed by atoms with van der Waals surface area (Å²) in [5, 5.41) is 13.5. The highest BCUT2D eigenvalue weighted by Gasteiger charge is 2.22. The smallest absolute Gasteiger partial charge is 0.0558 e. The van der Waals surface area contributed by atoms with Crippen molar-refractivity contribution in [2.75, 3.05) is 26.7 Å². The predicted octanol–water partition coefficient (Wildman–Crippen LogP) is 3.23. The van der Waals surface area contributed by atoms with Crippen LogP contribution in [-0.2, 0) is 0 Å². The zero-order chi connectivity index (χ0) is 15.1. The first-order valence-electron chi connectivity index (χ1n) is 8.02. The van der Waals surface area contributed by atoms with Crippen molar-refractivity contribution >= 4 is 11.6 Å². The van der Waals surface area contributed by atoms with Crippen molar-refractivity contribution in [2.45, 2.75) is 44.2 Å². The molecule has 0 aromatic heterocycles. The zero-order valence-corrected chi connectivity index (χ0v) is 13.6. The maximum absolute atomic E-state index is 9.30. The molecule has 1 aliphatic carbocycles. The summed E-state index contributed by atoms with van der Waals surface area (Å²) in [6, 6.07) is 9.05. The molecule has 0 aliphatic heterocycles. The van der Waals surface area contributed by atoms with Crippen LogP contribution in [-0.4, -0.2) is 42.8 Å². The molecule has 21 heavy (non-hydrogen) atoms. The van der Waals surface area contributed by atoms with Gasteiger partial charge in [0.25, 0.3) is 0 Å². The van der Waals surface area contributed by atoms with Gasteiger partial charge in [-0.2, -0.15) is 0 Å². The Morgan fingerprint density at radius 3 is 2.71 bits per heavy atom. The van der Waals surface area contributed by atoms with Gasteiger partial charge in [-0.3, -0.25) is 4.90 Å². The van der Waals surface area contributed by atoms with Gasteiger partial charge >= 0.3 is 0 Å². The fourth-order valence-corrected chi connectivity index (χ4v) is 3.57. The molecule has 0 radical (unpaired) electrons. The number of aliphatic hydroxyl groups is 1. The summed E-state index contributed by atoms with van der Waals surface area (Å²) < 4.78 is 0. The average molecular weight is 311 g/mol. The first kappa shape index (κ1) is 16.8. The Hall–Kier alpha value is -0.610. The summed E-state index contributed by atoms with van der Waals surface area (Å²) in [6.45, 7) is 2.05. The minimum atomic E-state index is 0.248. The fraction of sp³-hybridized carbons (Fsp3) is 0.647. The number of nitrogens with one attached hydrogen (secondary N) is 1. The summed E-state index contributed by atoms with van der Waals surface area (Å²) in [7, 11) is 2.00. The van der Waals surface area contributed by atoms with Crippen LogP contribution in [0.25, 0.3) is 0 Å². The van der Waals surface area contributed by atoms with E-state index in [0.29, 0.717) is 12.1 Å². The van der Waals surface area contributed by atoms with Gasteiger partial charge in [0.05, 0.1) is 6.61 Å². The molecule has 1 aromatic rings. The van der Waals surface area contributed by atoms with Crippen LogP contribution in [0, 0.1) is 0 Å². The number of halogens is 1. The van der Waals surface area contributed by atoms with E-state index < -0.39 is 0 Å². The molecule has 1 unspecified atom stereocenters. The van der Waals surface area contributed by atoms with Crippen LogP contribution in [0.1, 0.15) is 43.7 Å². The number of hydrogen-bond acceptors (Lipinski definition) is 3. The summed E-state index contributed by atoms with van der Waals surface area (Å²) in [5.74, 6) is 0. The second kappa shape index (κ2) is 8.74. The van der Waals surface area contributed by atoms with Gasteiger partial charge in [-0.05, 0) is 44.0 Å². The van der Waals surface area contributed by atoms with E-state index in [0.717, 1.165) is 24.5 Å². The Kier molecular flexibility index (Phi) is 6.97. The first-order valence-corrected chi connectivity index (χ1v) is 8.40. The van der Waals surface area contributed by atoms with Gasteiger partial charge in [0, 0.05) is 30.2 Å². The highest BCUT2D eigenvalue weighted by molar-refractivity contribution is 6.30.